The van der Waals surface area contributed by atoms with E-state index in [9.17, 15) is 12.8 Å². The molecule has 0 saturated heterocycles. The molecule has 0 aliphatic carbocycles. The Balaban J connectivity index is 1.98. The molecule has 0 unspecified atom stereocenters. The lowest BCUT2D eigenvalue weighted by molar-refractivity contribution is 0.594. The van der Waals surface area contributed by atoms with Crippen molar-refractivity contribution in [2.24, 2.45) is 5.14 Å². The number of aryl methyl sites for hydroxylation is 1. The van der Waals surface area contributed by atoms with Crippen LogP contribution in [0.25, 0.3) is 22.9 Å². The minimum atomic E-state index is -4.00. The summed E-state index contributed by atoms with van der Waals surface area (Å²) in [5.74, 6) is -0.0456. The lowest BCUT2D eigenvalue weighted by Crippen LogP contribution is -2.13. The van der Waals surface area contributed by atoms with Crippen LogP contribution in [0.1, 0.15) is 5.82 Å². The minimum absolute atomic E-state index is 0.0991. The summed E-state index contributed by atoms with van der Waals surface area (Å²) in [5, 5.41) is 13.5. The van der Waals surface area contributed by atoms with Gasteiger partial charge in [0.25, 0.3) is 0 Å². The fourth-order valence-corrected chi connectivity index (χ4v) is 3.10. The third kappa shape index (κ3) is 2.62. The number of nitrogens with zero attached hydrogens (tertiary/aromatic N) is 6. The largest absolute Gasteiger partial charge is 0.238 e. The molecule has 0 spiro atoms. The summed E-state index contributed by atoms with van der Waals surface area (Å²) in [6.45, 7) is 1.64. The topological polar surface area (TPSA) is 121 Å². The Morgan fingerprint density at radius 3 is 2.81 bits per heavy atom. The number of hydrogen-bond acceptors (Lipinski definition) is 6. The number of aromatic nitrogens is 6. The summed E-state index contributed by atoms with van der Waals surface area (Å²) in [7, 11) is -4.00. The molecule has 4 aromatic rings. The number of sulfonamides is 1. The molecule has 0 radical (unpaired) electrons. The van der Waals surface area contributed by atoms with Crippen LogP contribution in [0.3, 0.4) is 0 Å². The van der Waals surface area contributed by atoms with E-state index in [2.05, 4.69) is 20.2 Å². The quantitative estimate of drug-likeness (QED) is 0.573. The van der Waals surface area contributed by atoms with Crippen LogP contribution in [0, 0.1) is 12.7 Å². The molecule has 9 nitrogen and oxygen atoms in total. The van der Waals surface area contributed by atoms with Gasteiger partial charge in [0.05, 0.1) is 11.1 Å². The predicted molar refractivity (Wildman–Crippen MR) is 89.4 cm³/mol. The lowest BCUT2D eigenvalue weighted by Gasteiger charge is -2.08. The van der Waals surface area contributed by atoms with Gasteiger partial charge in [-0.3, -0.25) is 0 Å². The Hall–Kier alpha value is -3.18. The average molecular weight is 373 g/mol. The normalized spacial score (nSPS) is 12.0. The summed E-state index contributed by atoms with van der Waals surface area (Å²) >= 11 is 0. The van der Waals surface area contributed by atoms with Crippen LogP contribution in [0.2, 0.25) is 0 Å². The Kier molecular flexibility index (Phi) is 3.56. The first-order chi connectivity index (χ1) is 12.3. The SMILES string of the molecule is Cc1nc(-c2cnc3cccnn23)n(-c2cc(S(N)(=O)=O)ccc2F)n1. The molecule has 11 heteroatoms. The fourth-order valence-electron chi connectivity index (χ4n) is 2.56. The van der Waals surface area contributed by atoms with E-state index in [1.165, 1.54) is 15.4 Å². The zero-order valence-electron chi connectivity index (χ0n) is 13.4. The van der Waals surface area contributed by atoms with Crippen molar-refractivity contribution in [1.29, 1.82) is 0 Å². The van der Waals surface area contributed by atoms with E-state index < -0.39 is 15.8 Å². The zero-order valence-corrected chi connectivity index (χ0v) is 14.2. The summed E-state index contributed by atoms with van der Waals surface area (Å²) in [6.07, 6.45) is 3.11. The maximum Gasteiger partial charge on any atom is 0.238 e. The van der Waals surface area contributed by atoms with Crippen molar-refractivity contribution >= 4 is 15.7 Å². The Morgan fingerprint density at radius 2 is 2.04 bits per heavy atom. The molecule has 0 aliphatic rings. The Bertz CT molecular complexity index is 1250. The number of nitrogens with two attached hydrogens (primary N) is 1. The third-order valence-corrected chi connectivity index (χ3v) is 4.61. The van der Waals surface area contributed by atoms with Crippen LogP contribution in [0.5, 0.6) is 0 Å². The van der Waals surface area contributed by atoms with E-state index in [0.717, 1.165) is 18.2 Å². The molecule has 1 aromatic carbocycles. The van der Waals surface area contributed by atoms with Crippen LogP contribution in [0.4, 0.5) is 4.39 Å². The smallest absolute Gasteiger partial charge is 0.235 e. The fraction of sp³-hybridized carbons (Fsp3) is 0.0667. The Morgan fingerprint density at radius 1 is 1.23 bits per heavy atom. The van der Waals surface area contributed by atoms with Crippen molar-refractivity contribution in [3.05, 3.63) is 54.4 Å². The first kappa shape index (κ1) is 16.3. The molecule has 0 saturated carbocycles. The van der Waals surface area contributed by atoms with Gasteiger partial charge in [-0.25, -0.2) is 37.1 Å². The number of halogens is 1. The van der Waals surface area contributed by atoms with E-state index in [0.29, 0.717) is 17.2 Å². The van der Waals surface area contributed by atoms with Crippen molar-refractivity contribution in [2.45, 2.75) is 11.8 Å². The summed E-state index contributed by atoms with van der Waals surface area (Å²) < 4.78 is 40.4. The van der Waals surface area contributed by atoms with Crippen LogP contribution in [-0.2, 0) is 10.0 Å². The molecule has 0 amide bonds. The number of rotatable bonds is 3. The number of fused-ring (bicyclic) bond motifs is 1. The lowest BCUT2D eigenvalue weighted by atomic mass is 10.3. The molecule has 0 bridgehead atoms. The molecular weight excluding hydrogens is 361 g/mol. The van der Waals surface area contributed by atoms with Gasteiger partial charge in [-0.1, -0.05) is 0 Å². The number of primary sulfonamides is 1. The van der Waals surface area contributed by atoms with Crippen LogP contribution in [-0.4, -0.2) is 37.8 Å². The third-order valence-electron chi connectivity index (χ3n) is 3.69. The van der Waals surface area contributed by atoms with Gasteiger partial charge < -0.3 is 0 Å². The first-order valence-corrected chi connectivity index (χ1v) is 8.95. The van der Waals surface area contributed by atoms with Gasteiger partial charge in [0, 0.05) is 6.20 Å². The van der Waals surface area contributed by atoms with Crippen LogP contribution in [0.15, 0.2) is 47.6 Å². The molecule has 3 aromatic heterocycles. The second-order valence-electron chi connectivity index (χ2n) is 5.49. The monoisotopic (exact) mass is 373 g/mol. The van der Waals surface area contributed by atoms with Crippen molar-refractivity contribution in [1.82, 2.24) is 29.4 Å². The molecule has 2 N–H and O–H groups in total. The highest BCUT2D eigenvalue weighted by atomic mass is 32.2. The van der Waals surface area contributed by atoms with Crippen molar-refractivity contribution < 1.29 is 12.8 Å². The van der Waals surface area contributed by atoms with Crippen molar-refractivity contribution in [2.75, 3.05) is 0 Å². The molecule has 132 valence electrons. The predicted octanol–water partition coefficient (Wildman–Crippen LogP) is 1.07. The molecule has 0 atom stereocenters. The van der Waals surface area contributed by atoms with Crippen LogP contribution >= 0.6 is 0 Å². The molecule has 4 rings (SSSR count). The highest BCUT2D eigenvalue weighted by Gasteiger charge is 2.20. The number of benzene rings is 1. The van der Waals surface area contributed by atoms with Gasteiger partial charge in [-0.05, 0) is 37.3 Å². The van der Waals surface area contributed by atoms with Gasteiger partial charge in [-0.15, -0.1) is 0 Å². The minimum Gasteiger partial charge on any atom is -0.235 e. The standard InChI is InChI=1S/C15H12FN7O2S/c1-9-20-15(13-8-18-14-3-2-6-19-22(13)14)23(21-9)12-7-10(26(17,24)25)4-5-11(12)16/h2-8H,1H3,(H2,17,24,25). The second-order valence-corrected chi connectivity index (χ2v) is 7.05. The Labute approximate surface area is 147 Å². The van der Waals surface area contributed by atoms with Crippen molar-refractivity contribution in [3.63, 3.8) is 0 Å². The van der Waals surface area contributed by atoms with Crippen LogP contribution < -0.4 is 5.14 Å². The van der Waals surface area contributed by atoms with E-state index in [-0.39, 0.29) is 16.4 Å². The van der Waals surface area contributed by atoms with Gasteiger partial charge in [0.2, 0.25) is 10.0 Å². The highest BCUT2D eigenvalue weighted by Crippen LogP contribution is 2.24. The number of imidazole rings is 1. The molecule has 26 heavy (non-hydrogen) atoms. The van der Waals surface area contributed by atoms with Crippen molar-refractivity contribution in [3.8, 4) is 17.2 Å². The van der Waals surface area contributed by atoms with Gasteiger partial charge >= 0.3 is 0 Å². The zero-order chi connectivity index (χ0) is 18.5. The van der Waals surface area contributed by atoms with E-state index in [1.807, 2.05) is 0 Å². The maximum absolute atomic E-state index is 14.4. The van der Waals surface area contributed by atoms with E-state index >= 15 is 0 Å². The summed E-state index contributed by atoms with van der Waals surface area (Å²) in [4.78, 5) is 8.31. The molecule has 0 aliphatic heterocycles. The first-order valence-electron chi connectivity index (χ1n) is 7.40. The van der Waals surface area contributed by atoms with Gasteiger partial charge in [0.1, 0.15) is 23.0 Å². The van der Waals surface area contributed by atoms with E-state index in [4.69, 9.17) is 5.14 Å². The van der Waals surface area contributed by atoms with Gasteiger partial charge in [0.15, 0.2) is 11.5 Å². The highest BCUT2D eigenvalue weighted by molar-refractivity contribution is 7.89. The molecule has 3 heterocycles. The van der Waals surface area contributed by atoms with E-state index in [1.54, 1.807) is 25.3 Å². The summed E-state index contributed by atoms with van der Waals surface area (Å²) in [5.41, 5.74) is 0.952. The molecular formula is C15H12FN7O2S. The second kappa shape index (κ2) is 5.68. The maximum atomic E-state index is 14.4. The average Bonchev–Trinajstić information content (AvgIpc) is 3.17. The summed E-state index contributed by atoms with van der Waals surface area (Å²) in [6, 6.07) is 6.71. The number of hydrogen-bond donors (Lipinski definition) is 1. The molecule has 0 fully saturated rings. The van der Waals surface area contributed by atoms with Gasteiger partial charge in [-0.2, -0.15) is 10.2 Å².